The number of methoxy groups -OCH3 is 1. The van der Waals surface area contributed by atoms with Gasteiger partial charge in [-0.15, -0.1) is 0 Å². The van der Waals surface area contributed by atoms with Gasteiger partial charge in [0.1, 0.15) is 12.4 Å². The van der Waals surface area contributed by atoms with E-state index < -0.39 is 11.4 Å². The van der Waals surface area contributed by atoms with E-state index in [1.165, 1.54) is 47.9 Å². The zero-order valence-electron chi connectivity index (χ0n) is 17.3. The van der Waals surface area contributed by atoms with Crippen LogP contribution in [0.15, 0.2) is 65.5 Å². The number of ether oxygens (including phenoxy) is 1. The van der Waals surface area contributed by atoms with Crippen LogP contribution in [0, 0.1) is 5.82 Å². The molecule has 0 atom stereocenters. The Morgan fingerprint density at radius 2 is 1.77 bits per heavy atom. The molecule has 7 nitrogen and oxygen atoms in total. The summed E-state index contributed by atoms with van der Waals surface area (Å²) in [6.45, 7) is 3.73. The topological polar surface area (TPSA) is 68.9 Å². The van der Waals surface area contributed by atoms with Crippen LogP contribution in [0.4, 0.5) is 4.39 Å². The van der Waals surface area contributed by atoms with Crippen molar-refractivity contribution in [1.29, 1.82) is 0 Å². The maximum Gasteiger partial charge on any atom is 0.278 e. The zero-order chi connectivity index (χ0) is 21.8. The van der Waals surface area contributed by atoms with Gasteiger partial charge in [0.15, 0.2) is 11.4 Å². The molecule has 0 radical (unpaired) electrons. The van der Waals surface area contributed by atoms with Crippen LogP contribution in [0.1, 0.15) is 16.1 Å². The monoisotopic (exact) mass is 423 g/mol. The molecule has 1 saturated heterocycles. The predicted molar refractivity (Wildman–Crippen MR) is 113 cm³/mol. The number of nitrogens with one attached hydrogen (secondary N) is 1. The van der Waals surface area contributed by atoms with Crippen LogP contribution in [-0.4, -0.2) is 53.9 Å². The van der Waals surface area contributed by atoms with Gasteiger partial charge < -0.3 is 14.5 Å². The summed E-state index contributed by atoms with van der Waals surface area (Å²) in [5, 5.41) is 4.26. The highest BCUT2D eigenvalue weighted by molar-refractivity contribution is 5.94. The molecule has 1 fully saturated rings. The van der Waals surface area contributed by atoms with E-state index in [0.29, 0.717) is 18.8 Å². The smallest absolute Gasteiger partial charge is 0.278 e. The number of aromatic nitrogens is 2. The van der Waals surface area contributed by atoms with Crippen LogP contribution in [0.3, 0.4) is 0 Å². The third-order valence-corrected chi connectivity index (χ3v) is 5.45. The second kappa shape index (κ2) is 9.09. The molecule has 0 aliphatic carbocycles. The van der Waals surface area contributed by atoms with Crippen molar-refractivity contribution in [2.24, 2.45) is 0 Å². The first-order valence-electron chi connectivity index (χ1n) is 10.2. The van der Waals surface area contributed by atoms with Crippen LogP contribution < -0.4 is 15.2 Å². The Morgan fingerprint density at radius 3 is 2.42 bits per heavy atom. The molecule has 0 spiro atoms. The van der Waals surface area contributed by atoms with Crippen LogP contribution >= 0.6 is 0 Å². The summed E-state index contributed by atoms with van der Waals surface area (Å²) in [5.74, 6) is -0.573. The molecule has 1 aromatic heterocycles. The molecular weight excluding hydrogens is 399 g/mol. The summed E-state index contributed by atoms with van der Waals surface area (Å²) in [6.07, 6.45) is 0. The quantitative estimate of drug-likeness (QED) is 0.663. The van der Waals surface area contributed by atoms with E-state index in [1.807, 2.05) is 18.2 Å². The van der Waals surface area contributed by atoms with E-state index in [0.717, 1.165) is 24.3 Å². The third-order valence-electron chi connectivity index (χ3n) is 5.45. The van der Waals surface area contributed by atoms with Crippen molar-refractivity contribution < 1.29 is 18.8 Å². The van der Waals surface area contributed by atoms with E-state index in [9.17, 15) is 14.0 Å². The lowest BCUT2D eigenvalue weighted by Crippen LogP contribution is -3.13. The lowest BCUT2D eigenvalue weighted by Gasteiger charge is -2.32. The second-order valence-electron chi connectivity index (χ2n) is 7.49. The highest BCUT2D eigenvalue weighted by Gasteiger charge is 2.28. The molecule has 2 aromatic carbocycles. The van der Waals surface area contributed by atoms with Crippen molar-refractivity contribution in [1.82, 2.24) is 14.7 Å². The molecule has 4 rings (SSSR count). The molecule has 0 bridgehead atoms. The maximum absolute atomic E-state index is 13.3. The first-order chi connectivity index (χ1) is 15.0. The number of hydrogen-bond donors (Lipinski definition) is 1. The Balaban J connectivity index is 1.52. The number of rotatable bonds is 5. The lowest BCUT2D eigenvalue weighted by atomic mass is 10.2. The Kier molecular flexibility index (Phi) is 6.08. The van der Waals surface area contributed by atoms with Crippen LogP contribution in [0.25, 0.3) is 5.69 Å². The normalized spacial score (nSPS) is 14.5. The van der Waals surface area contributed by atoms with Crippen molar-refractivity contribution in [2.45, 2.75) is 6.54 Å². The van der Waals surface area contributed by atoms with E-state index in [4.69, 9.17) is 4.74 Å². The number of benzene rings is 2. The zero-order valence-corrected chi connectivity index (χ0v) is 17.3. The Hall–Kier alpha value is -3.52. The fourth-order valence-corrected chi connectivity index (χ4v) is 3.75. The minimum Gasteiger partial charge on any atom is -0.494 e. The predicted octanol–water partition coefficient (Wildman–Crippen LogP) is 0.921. The molecule has 1 amide bonds. The van der Waals surface area contributed by atoms with Crippen molar-refractivity contribution >= 4 is 5.91 Å². The minimum atomic E-state index is -0.461. The summed E-state index contributed by atoms with van der Waals surface area (Å²) in [6, 6.07) is 16.9. The molecule has 3 aromatic rings. The van der Waals surface area contributed by atoms with E-state index in [2.05, 4.69) is 17.2 Å². The number of quaternary nitrogens is 1. The summed E-state index contributed by atoms with van der Waals surface area (Å²) < 4.78 is 19.6. The van der Waals surface area contributed by atoms with Gasteiger partial charge in [-0.1, -0.05) is 30.3 Å². The van der Waals surface area contributed by atoms with E-state index in [1.54, 1.807) is 4.90 Å². The minimum absolute atomic E-state index is 0.0675. The Labute approximate surface area is 179 Å². The molecule has 1 aliphatic heterocycles. The highest BCUT2D eigenvalue weighted by Crippen LogP contribution is 2.17. The van der Waals surface area contributed by atoms with Crippen LogP contribution in [0.5, 0.6) is 5.75 Å². The summed E-state index contributed by atoms with van der Waals surface area (Å²) >= 11 is 0. The van der Waals surface area contributed by atoms with Gasteiger partial charge >= 0.3 is 0 Å². The molecule has 1 N–H and O–H groups in total. The van der Waals surface area contributed by atoms with Gasteiger partial charge in [-0.2, -0.15) is 9.78 Å². The summed E-state index contributed by atoms with van der Waals surface area (Å²) in [4.78, 5) is 28.8. The largest absolute Gasteiger partial charge is 0.494 e. The second-order valence-corrected chi connectivity index (χ2v) is 7.49. The average Bonchev–Trinajstić information content (AvgIpc) is 2.80. The highest BCUT2D eigenvalue weighted by atomic mass is 19.1. The number of carbonyl (C=O) groups excluding carboxylic acids is 1. The van der Waals surface area contributed by atoms with Crippen molar-refractivity contribution in [3.8, 4) is 11.4 Å². The fourth-order valence-electron chi connectivity index (χ4n) is 3.75. The first-order valence-corrected chi connectivity index (χ1v) is 10.2. The molecule has 31 heavy (non-hydrogen) atoms. The van der Waals surface area contributed by atoms with Crippen molar-refractivity contribution in [3.05, 3.63) is 88.1 Å². The number of nitrogens with zero attached hydrogens (tertiary/aromatic N) is 3. The number of amides is 1. The molecular formula is C23H24FN4O3+. The molecule has 1 aliphatic rings. The SMILES string of the molecule is COc1cc(=O)n(-c2ccc(F)cc2)nc1C(=O)N1CC[NH+](Cc2ccccc2)CC1. The van der Waals surface area contributed by atoms with Gasteiger partial charge in [-0.25, -0.2) is 4.39 Å². The van der Waals surface area contributed by atoms with E-state index in [-0.39, 0.29) is 17.4 Å². The molecule has 8 heteroatoms. The standard InChI is InChI=1S/C23H23FN4O3/c1-31-20-15-21(29)28(19-9-7-18(24)8-10-19)25-22(20)23(30)27-13-11-26(12-14-27)16-17-5-3-2-4-6-17/h2-10,15H,11-14,16H2,1H3/p+1. The fraction of sp³-hybridized carbons (Fsp3) is 0.261. The molecule has 2 heterocycles. The molecule has 0 saturated carbocycles. The third kappa shape index (κ3) is 4.64. The average molecular weight is 423 g/mol. The van der Waals surface area contributed by atoms with Crippen LogP contribution in [-0.2, 0) is 6.54 Å². The number of halogens is 1. The molecule has 160 valence electrons. The summed E-state index contributed by atoms with van der Waals surface area (Å²) in [5.41, 5.74) is 1.25. The van der Waals surface area contributed by atoms with Gasteiger partial charge in [-0.3, -0.25) is 9.59 Å². The first kappa shape index (κ1) is 20.7. The van der Waals surface area contributed by atoms with Gasteiger partial charge in [0.05, 0.1) is 45.0 Å². The van der Waals surface area contributed by atoms with Crippen molar-refractivity contribution in [3.63, 3.8) is 0 Å². The molecule has 0 unspecified atom stereocenters. The number of hydrogen-bond acceptors (Lipinski definition) is 4. The van der Waals surface area contributed by atoms with E-state index >= 15 is 0 Å². The Bertz CT molecular complexity index is 1110. The van der Waals surface area contributed by atoms with Gasteiger partial charge in [0, 0.05) is 5.56 Å². The maximum atomic E-state index is 13.3. The van der Waals surface area contributed by atoms with Gasteiger partial charge in [0.25, 0.3) is 11.5 Å². The van der Waals surface area contributed by atoms with Crippen molar-refractivity contribution in [2.75, 3.05) is 33.3 Å². The number of carbonyl (C=O) groups is 1. The summed E-state index contributed by atoms with van der Waals surface area (Å²) in [7, 11) is 1.40. The number of piperazine rings is 1. The van der Waals surface area contributed by atoms with Gasteiger partial charge in [0.2, 0.25) is 0 Å². The Morgan fingerprint density at radius 1 is 1.10 bits per heavy atom. The van der Waals surface area contributed by atoms with Crippen LogP contribution in [0.2, 0.25) is 0 Å². The lowest BCUT2D eigenvalue weighted by molar-refractivity contribution is -0.917. The van der Waals surface area contributed by atoms with Gasteiger partial charge in [-0.05, 0) is 24.3 Å².